The molecule has 1 aromatic heterocycles. The van der Waals surface area contributed by atoms with Crippen molar-refractivity contribution in [3.8, 4) is 17.2 Å². The third-order valence-electron chi connectivity index (χ3n) is 5.09. The number of hydrogen-bond donors (Lipinski definition) is 1. The fraction of sp³-hybridized carbons (Fsp3) is 0.391. The highest BCUT2D eigenvalue weighted by Gasteiger charge is 2.27. The van der Waals surface area contributed by atoms with Crippen LogP contribution in [-0.2, 0) is 11.2 Å². The predicted octanol–water partition coefficient (Wildman–Crippen LogP) is 3.62. The molecule has 29 heavy (non-hydrogen) atoms. The van der Waals surface area contributed by atoms with Crippen LogP contribution >= 0.6 is 0 Å². The maximum Gasteiger partial charge on any atom is 0.217 e. The number of aromatic nitrogens is 1. The van der Waals surface area contributed by atoms with Gasteiger partial charge in [-0.2, -0.15) is 0 Å². The number of rotatable bonds is 9. The molecule has 2 atom stereocenters. The van der Waals surface area contributed by atoms with Gasteiger partial charge in [0.1, 0.15) is 30.0 Å². The van der Waals surface area contributed by atoms with Gasteiger partial charge in [0, 0.05) is 19.4 Å². The molecule has 6 heteroatoms. The number of carbonyl (C=O) groups excluding carboxylic acids is 1. The Labute approximate surface area is 170 Å². The number of amides is 1. The van der Waals surface area contributed by atoms with E-state index in [1.165, 1.54) is 25.3 Å². The molecule has 0 saturated heterocycles. The Morgan fingerprint density at radius 3 is 2.83 bits per heavy atom. The SMILES string of the molecule is C=C[C@@H](COc1ccc(C2Cc3ccc(OCC4CC4)cc3O2)nc1)NC(C)=O. The van der Waals surface area contributed by atoms with Gasteiger partial charge in [-0.1, -0.05) is 12.1 Å². The van der Waals surface area contributed by atoms with Gasteiger partial charge in [0.2, 0.25) is 5.91 Å². The van der Waals surface area contributed by atoms with Crippen molar-refractivity contribution in [3.63, 3.8) is 0 Å². The van der Waals surface area contributed by atoms with Crippen molar-refractivity contribution < 1.29 is 19.0 Å². The molecule has 0 bridgehead atoms. The smallest absolute Gasteiger partial charge is 0.217 e. The van der Waals surface area contributed by atoms with Crippen LogP contribution < -0.4 is 19.5 Å². The summed E-state index contributed by atoms with van der Waals surface area (Å²) in [5.74, 6) is 2.98. The first kappa shape index (κ1) is 19.3. The fourth-order valence-electron chi connectivity index (χ4n) is 3.24. The highest BCUT2D eigenvalue weighted by Crippen LogP contribution is 2.39. The van der Waals surface area contributed by atoms with Crippen LogP contribution in [0.4, 0.5) is 0 Å². The molecule has 2 heterocycles. The van der Waals surface area contributed by atoms with Crippen molar-refractivity contribution in [2.45, 2.75) is 38.3 Å². The van der Waals surface area contributed by atoms with E-state index in [-0.39, 0.29) is 18.1 Å². The predicted molar refractivity (Wildman–Crippen MR) is 109 cm³/mol. The van der Waals surface area contributed by atoms with E-state index >= 15 is 0 Å². The maximum absolute atomic E-state index is 11.2. The van der Waals surface area contributed by atoms with E-state index < -0.39 is 0 Å². The molecule has 1 aromatic carbocycles. The zero-order chi connectivity index (χ0) is 20.2. The minimum absolute atomic E-state index is 0.113. The monoisotopic (exact) mass is 394 g/mol. The lowest BCUT2D eigenvalue weighted by atomic mass is 10.1. The third kappa shape index (κ3) is 5.08. The van der Waals surface area contributed by atoms with Crippen molar-refractivity contribution in [2.75, 3.05) is 13.2 Å². The number of carbonyl (C=O) groups is 1. The molecule has 1 fully saturated rings. The van der Waals surface area contributed by atoms with Crippen LogP contribution in [0.2, 0.25) is 0 Å². The summed E-state index contributed by atoms with van der Waals surface area (Å²) in [4.78, 5) is 15.7. The van der Waals surface area contributed by atoms with Crippen LogP contribution in [0, 0.1) is 5.92 Å². The fourth-order valence-corrected chi connectivity index (χ4v) is 3.24. The van der Waals surface area contributed by atoms with E-state index in [0.717, 1.165) is 36.1 Å². The quantitative estimate of drug-likeness (QED) is 0.658. The molecule has 2 aliphatic rings. The first-order chi connectivity index (χ1) is 14.1. The van der Waals surface area contributed by atoms with Gasteiger partial charge in [-0.25, -0.2) is 0 Å². The summed E-state index contributed by atoms with van der Waals surface area (Å²) in [6.45, 7) is 6.27. The van der Waals surface area contributed by atoms with Gasteiger partial charge in [0.25, 0.3) is 0 Å². The van der Waals surface area contributed by atoms with Crippen LogP contribution in [-0.4, -0.2) is 30.1 Å². The number of nitrogens with one attached hydrogen (secondary N) is 1. The van der Waals surface area contributed by atoms with E-state index in [4.69, 9.17) is 14.2 Å². The van der Waals surface area contributed by atoms with Crippen LogP contribution in [0.15, 0.2) is 49.2 Å². The molecular formula is C23H26N2O4. The van der Waals surface area contributed by atoms with Crippen LogP contribution in [0.1, 0.15) is 37.1 Å². The van der Waals surface area contributed by atoms with Crippen LogP contribution in [0.25, 0.3) is 0 Å². The van der Waals surface area contributed by atoms with Crippen molar-refractivity contribution >= 4 is 5.91 Å². The lowest BCUT2D eigenvalue weighted by molar-refractivity contribution is -0.119. The van der Waals surface area contributed by atoms with Crippen molar-refractivity contribution in [3.05, 3.63) is 60.4 Å². The standard InChI is InChI=1S/C23H26N2O4/c1-3-18(25-15(2)26)14-28-20-8-9-21(24-12-20)23-10-17-6-7-19(11-22(17)29-23)27-13-16-4-5-16/h3,6-9,11-12,16,18,23H,1,4-5,10,13-14H2,2H3,(H,25,26)/t18-,23?/m0/s1. The second-order valence-corrected chi connectivity index (χ2v) is 7.61. The summed E-state index contributed by atoms with van der Waals surface area (Å²) in [7, 11) is 0. The highest BCUT2D eigenvalue weighted by molar-refractivity contribution is 5.73. The van der Waals surface area contributed by atoms with Crippen LogP contribution in [0.5, 0.6) is 17.2 Å². The normalized spacial score (nSPS) is 18.3. The average Bonchev–Trinajstić information content (AvgIpc) is 3.46. The van der Waals surface area contributed by atoms with Gasteiger partial charge in [0.05, 0.1) is 24.5 Å². The van der Waals surface area contributed by atoms with Gasteiger partial charge >= 0.3 is 0 Å². The molecule has 0 radical (unpaired) electrons. The zero-order valence-corrected chi connectivity index (χ0v) is 16.6. The van der Waals surface area contributed by atoms with E-state index in [1.807, 2.05) is 24.3 Å². The molecule has 1 aliphatic carbocycles. The topological polar surface area (TPSA) is 69.7 Å². The molecule has 1 saturated carbocycles. The number of fused-ring (bicyclic) bond motifs is 1. The van der Waals surface area contributed by atoms with Gasteiger partial charge < -0.3 is 19.5 Å². The van der Waals surface area contributed by atoms with Crippen molar-refractivity contribution in [2.24, 2.45) is 5.92 Å². The summed E-state index contributed by atoms with van der Waals surface area (Å²) >= 11 is 0. The van der Waals surface area contributed by atoms with Crippen LogP contribution in [0.3, 0.4) is 0 Å². The molecule has 1 aliphatic heterocycles. The Bertz CT molecular complexity index is 877. The van der Waals surface area contributed by atoms with Gasteiger partial charge in [-0.15, -0.1) is 6.58 Å². The number of hydrogen-bond acceptors (Lipinski definition) is 5. The Hall–Kier alpha value is -3.02. The Morgan fingerprint density at radius 1 is 1.31 bits per heavy atom. The summed E-state index contributed by atoms with van der Waals surface area (Å²) in [5, 5.41) is 2.76. The molecule has 0 spiro atoms. The van der Waals surface area contributed by atoms with E-state index in [9.17, 15) is 4.79 Å². The average molecular weight is 394 g/mol. The second kappa shape index (κ2) is 8.55. The molecule has 6 nitrogen and oxygen atoms in total. The van der Waals surface area contributed by atoms with Gasteiger partial charge in [-0.05, 0) is 42.5 Å². The highest BCUT2D eigenvalue weighted by atomic mass is 16.5. The number of pyridine rings is 1. The molecular weight excluding hydrogens is 368 g/mol. The summed E-state index contributed by atoms with van der Waals surface area (Å²) in [6, 6.07) is 9.61. The molecule has 2 aromatic rings. The number of benzene rings is 1. The second-order valence-electron chi connectivity index (χ2n) is 7.61. The molecule has 1 unspecified atom stereocenters. The molecule has 1 N–H and O–H groups in total. The molecule has 4 rings (SSSR count). The first-order valence-corrected chi connectivity index (χ1v) is 10.0. The third-order valence-corrected chi connectivity index (χ3v) is 5.09. The Kier molecular flexibility index (Phi) is 5.69. The summed E-state index contributed by atoms with van der Waals surface area (Å²) < 4.78 is 17.7. The lowest BCUT2D eigenvalue weighted by Crippen LogP contribution is -2.36. The zero-order valence-electron chi connectivity index (χ0n) is 16.6. The van der Waals surface area contributed by atoms with Gasteiger partial charge in [-0.3, -0.25) is 9.78 Å². The summed E-state index contributed by atoms with van der Waals surface area (Å²) in [6.07, 6.45) is 6.55. The van der Waals surface area contributed by atoms with E-state index in [1.54, 1.807) is 12.3 Å². The summed E-state index contributed by atoms with van der Waals surface area (Å²) in [5.41, 5.74) is 2.02. The number of nitrogens with zero attached hydrogens (tertiary/aromatic N) is 1. The van der Waals surface area contributed by atoms with Crippen molar-refractivity contribution in [1.82, 2.24) is 10.3 Å². The number of ether oxygens (including phenoxy) is 3. The van der Waals surface area contributed by atoms with E-state index in [0.29, 0.717) is 12.4 Å². The lowest BCUT2D eigenvalue weighted by Gasteiger charge is -2.15. The minimum Gasteiger partial charge on any atom is -0.493 e. The maximum atomic E-state index is 11.2. The molecule has 1 amide bonds. The Balaban J connectivity index is 1.32. The molecule has 152 valence electrons. The van der Waals surface area contributed by atoms with Crippen molar-refractivity contribution in [1.29, 1.82) is 0 Å². The largest absolute Gasteiger partial charge is 0.493 e. The minimum atomic E-state index is -0.240. The van der Waals surface area contributed by atoms with Gasteiger partial charge in [0.15, 0.2) is 0 Å². The Morgan fingerprint density at radius 2 is 2.14 bits per heavy atom. The first-order valence-electron chi connectivity index (χ1n) is 10.0. The van der Waals surface area contributed by atoms with E-state index in [2.05, 4.69) is 22.9 Å².